The smallest absolute Gasteiger partial charge is 0.237 e. The van der Waals surface area contributed by atoms with Gasteiger partial charge in [-0.1, -0.05) is 29.4 Å². The van der Waals surface area contributed by atoms with Gasteiger partial charge >= 0.3 is 0 Å². The molecular weight excluding hydrogens is 358 g/mol. The van der Waals surface area contributed by atoms with Gasteiger partial charge in [-0.25, -0.2) is 0 Å². The van der Waals surface area contributed by atoms with Gasteiger partial charge in [-0.05, 0) is 18.1 Å². The zero-order valence-electron chi connectivity index (χ0n) is 16.6. The van der Waals surface area contributed by atoms with Crippen LogP contribution >= 0.6 is 0 Å². The van der Waals surface area contributed by atoms with Crippen LogP contribution in [0.25, 0.3) is 0 Å². The normalized spacial score (nSPS) is 17.4. The molecule has 0 unspecified atom stereocenters. The van der Waals surface area contributed by atoms with Crippen molar-refractivity contribution in [3.63, 3.8) is 0 Å². The SMILES string of the molecule is Cc1nc(CCN(C)C(=O)C[C@@H]2C(=O)NCCN2Cc2ccccc2C)no1. The largest absolute Gasteiger partial charge is 0.353 e. The molecule has 2 amide bonds. The third-order valence-electron chi connectivity index (χ3n) is 5.11. The third kappa shape index (κ3) is 4.95. The fraction of sp³-hybridized carbons (Fsp3) is 0.500. The summed E-state index contributed by atoms with van der Waals surface area (Å²) >= 11 is 0. The predicted octanol–water partition coefficient (Wildman–Crippen LogP) is 1.08. The van der Waals surface area contributed by atoms with Crippen LogP contribution in [-0.2, 0) is 22.6 Å². The topological polar surface area (TPSA) is 91.6 Å². The van der Waals surface area contributed by atoms with Gasteiger partial charge in [-0.3, -0.25) is 14.5 Å². The van der Waals surface area contributed by atoms with Gasteiger partial charge in [0.05, 0.1) is 12.5 Å². The summed E-state index contributed by atoms with van der Waals surface area (Å²) in [6.45, 7) is 6.25. The van der Waals surface area contributed by atoms with Crippen LogP contribution in [0.4, 0.5) is 0 Å². The number of carbonyl (C=O) groups is 2. The van der Waals surface area contributed by atoms with Crippen molar-refractivity contribution in [2.75, 3.05) is 26.7 Å². The van der Waals surface area contributed by atoms with Crippen LogP contribution in [0.1, 0.15) is 29.3 Å². The summed E-state index contributed by atoms with van der Waals surface area (Å²) in [6.07, 6.45) is 0.669. The van der Waals surface area contributed by atoms with Crippen LogP contribution < -0.4 is 5.32 Å². The van der Waals surface area contributed by atoms with Gasteiger partial charge in [0.1, 0.15) is 0 Å². The second kappa shape index (κ2) is 8.97. The fourth-order valence-electron chi connectivity index (χ4n) is 3.34. The summed E-state index contributed by atoms with van der Waals surface area (Å²) in [4.78, 5) is 33.0. The van der Waals surface area contributed by atoms with Crippen molar-refractivity contribution in [1.82, 2.24) is 25.3 Å². The number of carbonyl (C=O) groups excluding carboxylic acids is 2. The standard InChI is InChI=1S/C20H27N5O3/c1-14-6-4-5-7-16(14)13-25-11-9-21-20(27)17(25)12-19(26)24(3)10-8-18-22-15(2)28-23-18/h4-7,17H,8-13H2,1-3H3,(H,21,27)/t17-/m1/s1. The minimum Gasteiger partial charge on any atom is -0.353 e. The Morgan fingerprint density at radius 2 is 2.14 bits per heavy atom. The van der Waals surface area contributed by atoms with E-state index >= 15 is 0 Å². The molecule has 8 heteroatoms. The fourth-order valence-corrected chi connectivity index (χ4v) is 3.34. The van der Waals surface area contributed by atoms with E-state index in [2.05, 4.69) is 39.4 Å². The number of nitrogens with zero attached hydrogens (tertiary/aromatic N) is 4. The van der Waals surface area contributed by atoms with Gasteiger partial charge in [0.2, 0.25) is 17.7 Å². The molecule has 0 radical (unpaired) electrons. The van der Waals surface area contributed by atoms with E-state index in [1.807, 2.05) is 12.1 Å². The first-order valence-electron chi connectivity index (χ1n) is 9.53. The summed E-state index contributed by atoms with van der Waals surface area (Å²) in [5.41, 5.74) is 2.36. The average Bonchev–Trinajstić information content (AvgIpc) is 3.09. The molecule has 3 rings (SSSR count). The number of nitrogens with one attached hydrogen (secondary N) is 1. The van der Waals surface area contributed by atoms with Crippen molar-refractivity contribution < 1.29 is 14.1 Å². The molecule has 1 aliphatic heterocycles. The Morgan fingerprint density at radius 3 is 2.86 bits per heavy atom. The monoisotopic (exact) mass is 385 g/mol. The Hall–Kier alpha value is -2.74. The molecule has 150 valence electrons. The molecule has 1 aromatic carbocycles. The Balaban J connectivity index is 1.60. The lowest BCUT2D eigenvalue weighted by atomic mass is 10.0. The van der Waals surface area contributed by atoms with E-state index in [9.17, 15) is 9.59 Å². The number of likely N-dealkylation sites (N-methyl/N-ethyl adjacent to an activating group) is 1. The zero-order chi connectivity index (χ0) is 20.1. The summed E-state index contributed by atoms with van der Waals surface area (Å²) < 4.78 is 4.95. The van der Waals surface area contributed by atoms with Gasteiger partial charge in [-0.2, -0.15) is 4.98 Å². The Bertz CT molecular complexity index is 835. The first kappa shape index (κ1) is 20.0. The van der Waals surface area contributed by atoms with E-state index in [-0.39, 0.29) is 18.2 Å². The molecule has 0 saturated carbocycles. The van der Waals surface area contributed by atoms with Gasteiger partial charge in [0.25, 0.3) is 0 Å². The maximum atomic E-state index is 12.7. The van der Waals surface area contributed by atoms with Crippen LogP contribution in [0, 0.1) is 13.8 Å². The quantitative estimate of drug-likeness (QED) is 0.767. The summed E-state index contributed by atoms with van der Waals surface area (Å²) in [7, 11) is 1.74. The number of hydrogen-bond donors (Lipinski definition) is 1. The summed E-state index contributed by atoms with van der Waals surface area (Å²) in [6, 6.07) is 7.67. The van der Waals surface area contributed by atoms with Crippen molar-refractivity contribution in [2.45, 2.75) is 39.3 Å². The van der Waals surface area contributed by atoms with Gasteiger partial charge in [0, 0.05) is 46.6 Å². The lowest BCUT2D eigenvalue weighted by Crippen LogP contribution is -2.56. The molecule has 28 heavy (non-hydrogen) atoms. The van der Waals surface area contributed by atoms with Crippen molar-refractivity contribution in [2.24, 2.45) is 0 Å². The maximum absolute atomic E-state index is 12.7. The predicted molar refractivity (Wildman–Crippen MR) is 103 cm³/mol. The zero-order valence-corrected chi connectivity index (χ0v) is 16.6. The van der Waals surface area contributed by atoms with Gasteiger partial charge in [0.15, 0.2) is 5.82 Å². The number of rotatable bonds is 7. The number of amides is 2. The van der Waals surface area contributed by atoms with E-state index in [0.717, 1.165) is 6.54 Å². The van der Waals surface area contributed by atoms with E-state index in [1.165, 1.54) is 11.1 Å². The third-order valence-corrected chi connectivity index (χ3v) is 5.11. The molecule has 1 aromatic heterocycles. The first-order valence-corrected chi connectivity index (χ1v) is 9.53. The Kier molecular flexibility index (Phi) is 6.41. The van der Waals surface area contributed by atoms with Gasteiger partial charge < -0.3 is 14.7 Å². The second-order valence-electron chi connectivity index (χ2n) is 7.20. The van der Waals surface area contributed by atoms with Crippen molar-refractivity contribution >= 4 is 11.8 Å². The summed E-state index contributed by atoms with van der Waals surface area (Å²) in [5, 5.41) is 6.73. The number of aryl methyl sites for hydroxylation is 2. The second-order valence-corrected chi connectivity index (χ2v) is 7.20. The molecule has 2 heterocycles. The van der Waals surface area contributed by atoms with Crippen LogP contribution in [0.2, 0.25) is 0 Å². The lowest BCUT2D eigenvalue weighted by molar-refractivity contribution is -0.138. The highest BCUT2D eigenvalue weighted by atomic mass is 16.5. The van der Waals surface area contributed by atoms with Gasteiger partial charge in [-0.15, -0.1) is 0 Å². The number of aromatic nitrogens is 2. The lowest BCUT2D eigenvalue weighted by Gasteiger charge is -2.35. The van der Waals surface area contributed by atoms with E-state index in [4.69, 9.17) is 4.52 Å². The summed E-state index contributed by atoms with van der Waals surface area (Å²) in [5.74, 6) is 0.927. The minimum atomic E-state index is -0.462. The highest BCUT2D eigenvalue weighted by Gasteiger charge is 2.32. The average molecular weight is 385 g/mol. The minimum absolute atomic E-state index is 0.0722. The molecule has 1 aliphatic rings. The molecule has 1 atom stereocenters. The molecular formula is C20H27N5O3. The molecule has 0 spiro atoms. The number of benzene rings is 1. The highest BCUT2D eigenvalue weighted by molar-refractivity contribution is 5.88. The van der Waals surface area contributed by atoms with E-state index in [0.29, 0.717) is 37.8 Å². The Morgan fingerprint density at radius 1 is 1.36 bits per heavy atom. The van der Waals surface area contributed by atoms with E-state index < -0.39 is 6.04 Å². The van der Waals surface area contributed by atoms with Crippen LogP contribution in [0.5, 0.6) is 0 Å². The molecule has 0 aliphatic carbocycles. The highest BCUT2D eigenvalue weighted by Crippen LogP contribution is 2.17. The first-order chi connectivity index (χ1) is 13.4. The van der Waals surface area contributed by atoms with E-state index in [1.54, 1.807) is 18.9 Å². The maximum Gasteiger partial charge on any atom is 0.237 e. The number of piperazine rings is 1. The molecule has 2 aromatic rings. The molecule has 1 fully saturated rings. The molecule has 1 N–H and O–H groups in total. The van der Waals surface area contributed by atoms with Crippen molar-refractivity contribution in [3.05, 3.63) is 47.1 Å². The van der Waals surface area contributed by atoms with Crippen molar-refractivity contribution in [3.8, 4) is 0 Å². The molecule has 1 saturated heterocycles. The Labute approximate surface area is 164 Å². The molecule has 8 nitrogen and oxygen atoms in total. The molecule has 0 bridgehead atoms. The van der Waals surface area contributed by atoms with Crippen molar-refractivity contribution in [1.29, 1.82) is 0 Å². The van der Waals surface area contributed by atoms with Crippen LogP contribution in [-0.4, -0.2) is 64.5 Å². The van der Waals surface area contributed by atoms with Crippen LogP contribution in [0.15, 0.2) is 28.8 Å². The number of hydrogen-bond acceptors (Lipinski definition) is 6. The van der Waals surface area contributed by atoms with Crippen LogP contribution in [0.3, 0.4) is 0 Å².